The van der Waals surface area contributed by atoms with Crippen molar-refractivity contribution in [2.24, 2.45) is 0 Å². The van der Waals surface area contributed by atoms with Gasteiger partial charge in [0.1, 0.15) is 0 Å². The molecule has 25 heavy (non-hydrogen) atoms. The lowest BCUT2D eigenvalue weighted by atomic mass is 9.96. The normalized spacial score (nSPS) is 19.5. The second-order valence-corrected chi connectivity index (χ2v) is 6.25. The largest absolute Gasteiger partial charge is 0.339 e. The molecule has 128 valence electrons. The molecule has 1 saturated heterocycles. The average molecular weight is 337 g/mol. The van der Waals surface area contributed by atoms with E-state index >= 15 is 0 Å². The Balaban J connectivity index is 1.38. The topological polar surface area (TPSA) is 78.4 Å². The third-order valence-electron chi connectivity index (χ3n) is 4.76. The van der Waals surface area contributed by atoms with E-state index in [2.05, 4.69) is 20.2 Å². The van der Waals surface area contributed by atoms with Gasteiger partial charge in [-0.25, -0.2) is 9.97 Å². The molecule has 0 radical (unpaired) electrons. The molecular weight excluding hydrogens is 318 g/mol. The number of para-hydroxylation sites is 1. The van der Waals surface area contributed by atoms with Crippen LogP contribution in [0.3, 0.4) is 0 Å². The van der Waals surface area contributed by atoms with E-state index in [0.717, 1.165) is 11.3 Å². The van der Waals surface area contributed by atoms with Crippen molar-refractivity contribution in [2.45, 2.75) is 12.3 Å². The van der Waals surface area contributed by atoms with Crippen molar-refractivity contribution in [3.05, 3.63) is 48.3 Å². The Hall–Kier alpha value is -2.96. The van der Waals surface area contributed by atoms with Crippen LogP contribution >= 0.6 is 0 Å². The number of piperazine rings is 1. The smallest absolute Gasteiger partial charge is 0.232 e. The number of aromatic nitrogens is 2. The molecule has 2 aliphatic heterocycles. The number of nitrogens with one attached hydrogen (secondary N) is 1. The minimum atomic E-state index is -0.390. The van der Waals surface area contributed by atoms with E-state index < -0.39 is 0 Å². The first-order valence-corrected chi connectivity index (χ1v) is 8.42. The van der Waals surface area contributed by atoms with Gasteiger partial charge >= 0.3 is 0 Å². The van der Waals surface area contributed by atoms with Crippen LogP contribution in [0.4, 0.5) is 11.6 Å². The predicted octanol–water partition coefficient (Wildman–Crippen LogP) is 1.25. The highest BCUT2D eigenvalue weighted by molar-refractivity contribution is 6.04. The quantitative estimate of drug-likeness (QED) is 0.912. The minimum absolute atomic E-state index is 0.0190. The van der Waals surface area contributed by atoms with E-state index in [9.17, 15) is 9.59 Å². The summed E-state index contributed by atoms with van der Waals surface area (Å²) in [6.45, 7) is 2.63. The number of fused-ring (bicyclic) bond motifs is 1. The molecule has 4 rings (SSSR count). The van der Waals surface area contributed by atoms with E-state index in [-0.39, 0.29) is 24.2 Å². The number of nitrogens with zero attached hydrogens (tertiary/aromatic N) is 4. The van der Waals surface area contributed by atoms with Crippen molar-refractivity contribution in [1.29, 1.82) is 0 Å². The number of carbonyl (C=O) groups excluding carboxylic acids is 2. The number of hydrogen-bond donors (Lipinski definition) is 1. The zero-order valence-electron chi connectivity index (χ0n) is 13.8. The van der Waals surface area contributed by atoms with E-state index in [1.165, 1.54) is 0 Å². The van der Waals surface area contributed by atoms with Crippen LogP contribution in [-0.2, 0) is 9.59 Å². The molecule has 0 aliphatic carbocycles. The van der Waals surface area contributed by atoms with Gasteiger partial charge in [0.2, 0.25) is 17.8 Å². The summed E-state index contributed by atoms with van der Waals surface area (Å²) in [5.74, 6) is 0.231. The number of hydrogen-bond acceptors (Lipinski definition) is 5. The molecule has 2 aliphatic rings. The molecule has 0 unspecified atom stereocenters. The van der Waals surface area contributed by atoms with E-state index in [1.54, 1.807) is 18.5 Å². The summed E-state index contributed by atoms with van der Waals surface area (Å²) in [6.07, 6.45) is 3.65. The number of anilines is 2. The van der Waals surface area contributed by atoms with Gasteiger partial charge in [-0.1, -0.05) is 18.2 Å². The molecule has 2 amide bonds. The lowest BCUT2D eigenvalue weighted by Crippen LogP contribution is -2.49. The Bertz CT molecular complexity index is 787. The molecule has 0 spiro atoms. The fourth-order valence-corrected chi connectivity index (χ4v) is 3.39. The molecule has 1 atom stereocenters. The van der Waals surface area contributed by atoms with Gasteiger partial charge in [-0.2, -0.15) is 0 Å². The first-order valence-electron chi connectivity index (χ1n) is 8.42. The molecule has 1 fully saturated rings. The second kappa shape index (κ2) is 6.51. The van der Waals surface area contributed by atoms with Crippen molar-refractivity contribution in [3.8, 4) is 0 Å². The van der Waals surface area contributed by atoms with Crippen LogP contribution in [-0.4, -0.2) is 52.9 Å². The van der Waals surface area contributed by atoms with Crippen molar-refractivity contribution in [2.75, 3.05) is 36.4 Å². The number of amides is 2. The van der Waals surface area contributed by atoms with Crippen LogP contribution < -0.4 is 10.2 Å². The molecule has 1 N–H and O–H groups in total. The van der Waals surface area contributed by atoms with Crippen molar-refractivity contribution >= 4 is 23.5 Å². The molecule has 2 aromatic rings. The van der Waals surface area contributed by atoms with Crippen LogP contribution in [0.1, 0.15) is 17.9 Å². The summed E-state index contributed by atoms with van der Waals surface area (Å²) < 4.78 is 0. The summed E-state index contributed by atoms with van der Waals surface area (Å²) in [4.78, 5) is 37.2. The van der Waals surface area contributed by atoms with Crippen molar-refractivity contribution in [1.82, 2.24) is 14.9 Å². The Morgan fingerprint density at radius 3 is 2.56 bits per heavy atom. The van der Waals surface area contributed by atoms with Crippen LogP contribution in [0, 0.1) is 0 Å². The van der Waals surface area contributed by atoms with Gasteiger partial charge in [0.05, 0.1) is 5.92 Å². The lowest BCUT2D eigenvalue weighted by Gasteiger charge is -2.35. The minimum Gasteiger partial charge on any atom is -0.339 e. The summed E-state index contributed by atoms with van der Waals surface area (Å²) >= 11 is 0. The first-order chi connectivity index (χ1) is 12.2. The Morgan fingerprint density at radius 1 is 1.08 bits per heavy atom. The number of carbonyl (C=O) groups is 2. The molecule has 7 nitrogen and oxygen atoms in total. The summed E-state index contributed by atoms with van der Waals surface area (Å²) in [6, 6.07) is 9.35. The maximum atomic E-state index is 12.6. The predicted molar refractivity (Wildman–Crippen MR) is 93.3 cm³/mol. The fourth-order valence-electron chi connectivity index (χ4n) is 3.39. The summed E-state index contributed by atoms with van der Waals surface area (Å²) in [7, 11) is 0. The van der Waals surface area contributed by atoms with E-state index in [1.807, 2.05) is 29.2 Å². The highest BCUT2D eigenvalue weighted by atomic mass is 16.2. The average Bonchev–Trinajstić information content (AvgIpc) is 2.98. The lowest BCUT2D eigenvalue weighted by molar-refractivity contribution is -0.133. The Labute approximate surface area is 145 Å². The highest BCUT2D eigenvalue weighted by Crippen LogP contribution is 2.34. The molecule has 0 bridgehead atoms. The zero-order chi connectivity index (χ0) is 17.2. The monoisotopic (exact) mass is 337 g/mol. The summed E-state index contributed by atoms with van der Waals surface area (Å²) in [5.41, 5.74) is 1.73. The van der Waals surface area contributed by atoms with Crippen LogP contribution in [0.15, 0.2) is 42.7 Å². The molecule has 7 heteroatoms. The third kappa shape index (κ3) is 3.05. The highest BCUT2D eigenvalue weighted by Gasteiger charge is 2.34. The van der Waals surface area contributed by atoms with Crippen LogP contribution in [0.25, 0.3) is 0 Å². The maximum absolute atomic E-state index is 12.6. The van der Waals surface area contributed by atoms with Crippen LogP contribution in [0.5, 0.6) is 0 Å². The molecule has 1 aromatic carbocycles. The first kappa shape index (κ1) is 15.6. The second-order valence-electron chi connectivity index (χ2n) is 6.25. The fraction of sp³-hybridized carbons (Fsp3) is 0.333. The molecular formula is C18H19N5O2. The van der Waals surface area contributed by atoms with Crippen LogP contribution in [0.2, 0.25) is 0 Å². The Kier molecular flexibility index (Phi) is 4.05. The van der Waals surface area contributed by atoms with E-state index in [4.69, 9.17) is 0 Å². The third-order valence-corrected chi connectivity index (χ3v) is 4.76. The van der Waals surface area contributed by atoms with Gasteiger partial charge in [0.15, 0.2) is 0 Å². The Morgan fingerprint density at radius 2 is 1.80 bits per heavy atom. The van der Waals surface area contributed by atoms with Gasteiger partial charge in [-0.3, -0.25) is 9.59 Å². The zero-order valence-corrected chi connectivity index (χ0v) is 13.8. The molecule has 0 saturated carbocycles. The molecule has 1 aromatic heterocycles. The van der Waals surface area contributed by atoms with E-state index in [0.29, 0.717) is 32.1 Å². The maximum Gasteiger partial charge on any atom is 0.232 e. The standard InChI is InChI=1S/C18H19N5O2/c24-16(12-14-13-4-1-2-5-15(13)21-17(14)25)22-8-10-23(11-9-22)18-19-6-3-7-20-18/h1-7,14H,8-12H2,(H,21,25)/t14-/m0/s1. The van der Waals surface area contributed by atoms with Gasteiger partial charge < -0.3 is 15.1 Å². The van der Waals surface area contributed by atoms with Gasteiger partial charge in [-0.15, -0.1) is 0 Å². The molecule has 3 heterocycles. The number of rotatable bonds is 3. The van der Waals surface area contributed by atoms with Gasteiger partial charge in [0, 0.05) is 50.7 Å². The number of benzene rings is 1. The van der Waals surface area contributed by atoms with Crippen molar-refractivity contribution in [3.63, 3.8) is 0 Å². The van der Waals surface area contributed by atoms with Crippen molar-refractivity contribution < 1.29 is 9.59 Å². The SMILES string of the molecule is O=C1Nc2ccccc2[C@@H]1CC(=O)N1CCN(c2ncccn2)CC1. The van der Waals surface area contributed by atoms with Gasteiger partial charge in [0.25, 0.3) is 0 Å². The summed E-state index contributed by atoms with van der Waals surface area (Å²) in [5, 5.41) is 2.85. The van der Waals surface area contributed by atoms with Gasteiger partial charge in [-0.05, 0) is 17.7 Å².